The number of halogens is 2. The molecular weight excluding hydrogens is 376 g/mol. The molecular formula is C19H23F2NO4S. The summed E-state index contributed by atoms with van der Waals surface area (Å²) in [6, 6.07) is 15.0. The van der Waals surface area contributed by atoms with E-state index in [0.717, 1.165) is 11.1 Å². The lowest BCUT2D eigenvalue weighted by Crippen LogP contribution is -2.32. The maximum absolute atomic E-state index is 13.2. The van der Waals surface area contributed by atoms with Crippen molar-refractivity contribution in [3.8, 4) is 0 Å². The molecule has 0 unspecified atom stereocenters. The van der Waals surface area contributed by atoms with E-state index >= 15 is 0 Å². The number of likely N-dealkylation sites (tertiary alicyclic amines) is 1. The van der Waals surface area contributed by atoms with Gasteiger partial charge in [0.25, 0.3) is 16.0 Å². The lowest BCUT2D eigenvalue weighted by molar-refractivity contribution is 0.0111. The van der Waals surface area contributed by atoms with Crippen molar-refractivity contribution >= 4 is 10.1 Å². The second kappa shape index (κ2) is 8.88. The average Bonchev–Trinajstić information content (AvgIpc) is 2.89. The molecule has 0 spiro atoms. The van der Waals surface area contributed by atoms with Crippen molar-refractivity contribution in [3.05, 3.63) is 65.7 Å². The first kappa shape index (κ1) is 21.4. The molecule has 0 bridgehead atoms. The Morgan fingerprint density at radius 1 is 1.11 bits per heavy atom. The maximum Gasteiger partial charge on any atom is 0.294 e. The Morgan fingerprint density at radius 3 is 2.22 bits per heavy atom. The predicted octanol–water partition coefficient (Wildman–Crippen LogP) is 3.13. The fourth-order valence-electron chi connectivity index (χ4n) is 2.86. The molecule has 0 radical (unpaired) electrons. The number of benzene rings is 2. The van der Waals surface area contributed by atoms with Crippen LogP contribution < -0.4 is 0 Å². The summed E-state index contributed by atoms with van der Waals surface area (Å²) in [5, 5.41) is 9.07. The number of nitrogens with zero attached hydrogens (tertiary/aromatic N) is 1. The van der Waals surface area contributed by atoms with E-state index in [-0.39, 0.29) is 24.5 Å². The summed E-state index contributed by atoms with van der Waals surface area (Å²) in [4.78, 5) is 1.58. The summed E-state index contributed by atoms with van der Waals surface area (Å²) in [7, 11) is -4.02. The van der Waals surface area contributed by atoms with E-state index < -0.39 is 22.1 Å². The van der Waals surface area contributed by atoms with Crippen molar-refractivity contribution in [1.29, 1.82) is 0 Å². The molecule has 1 heterocycles. The maximum atomic E-state index is 13.2. The second-order valence-electron chi connectivity index (χ2n) is 6.58. The van der Waals surface area contributed by atoms with Crippen LogP contribution in [0.1, 0.15) is 17.5 Å². The van der Waals surface area contributed by atoms with Gasteiger partial charge in [-0.3, -0.25) is 9.45 Å². The van der Waals surface area contributed by atoms with Gasteiger partial charge >= 0.3 is 0 Å². The highest BCUT2D eigenvalue weighted by Gasteiger charge is 2.44. The van der Waals surface area contributed by atoms with E-state index in [1.807, 2.05) is 37.3 Å². The number of aliphatic hydroxyl groups excluding tert-OH is 1. The monoisotopic (exact) mass is 399 g/mol. The van der Waals surface area contributed by atoms with Crippen LogP contribution >= 0.6 is 0 Å². The van der Waals surface area contributed by atoms with Gasteiger partial charge in [-0.1, -0.05) is 48.0 Å². The first-order chi connectivity index (χ1) is 12.6. The minimum Gasteiger partial charge on any atom is -0.395 e. The Bertz CT molecular complexity index is 827. The van der Waals surface area contributed by atoms with Gasteiger partial charge in [0.05, 0.1) is 18.0 Å². The molecule has 1 saturated heterocycles. The molecule has 27 heavy (non-hydrogen) atoms. The van der Waals surface area contributed by atoms with Crippen LogP contribution in [0.15, 0.2) is 59.5 Å². The van der Waals surface area contributed by atoms with Crippen LogP contribution in [0, 0.1) is 6.92 Å². The molecule has 0 amide bonds. The third kappa shape index (κ3) is 6.66. The summed E-state index contributed by atoms with van der Waals surface area (Å²) < 4.78 is 55.9. The molecule has 0 aliphatic carbocycles. The van der Waals surface area contributed by atoms with Crippen molar-refractivity contribution in [2.75, 3.05) is 13.2 Å². The average molecular weight is 399 g/mol. The molecule has 1 atom stereocenters. The standard InChI is InChI=1S/C12H15F2NO.C7H8O3S/c13-12(14)6-11(8-16)15(9-12)7-10-4-2-1-3-5-10;1-6-2-4-7(5-3-6)11(8,9)10/h1-5,11,16H,6-9H2;2-5H,1H3,(H,8,9,10)/t11-;/m1./s1. The van der Waals surface area contributed by atoms with Gasteiger partial charge in [-0.25, -0.2) is 8.78 Å². The molecule has 1 fully saturated rings. The summed E-state index contributed by atoms with van der Waals surface area (Å²) in [5.74, 6) is -2.66. The molecule has 8 heteroatoms. The van der Waals surface area contributed by atoms with Crippen molar-refractivity contribution in [3.63, 3.8) is 0 Å². The van der Waals surface area contributed by atoms with Gasteiger partial charge in [-0.2, -0.15) is 8.42 Å². The Hall–Kier alpha value is -1.87. The zero-order chi connectivity index (χ0) is 20.1. The summed E-state index contributed by atoms with van der Waals surface area (Å²) in [6.45, 7) is 1.85. The van der Waals surface area contributed by atoms with Crippen molar-refractivity contribution < 1.29 is 26.9 Å². The van der Waals surface area contributed by atoms with Crippen molar-refractivity contribution in [2.24, 2.45) is 0 Å². The van der Waals surface area contributed by atoms with E-state index in [2.05, 4.69) is 0 Å². The molecule has 0 saturated carbocycles. The van der Waals surface area contributed by atoms with Gasteiger partial charge in [-0.15, -0.1) is 0 Å². The highest BCUT2D eigenvalue weighted by molar-refractivity contribution is 7.85. The Morgan fingerprint density at radius 2 is 1.70 bits per heavy atom. The van der Waals surface area contributed by atoms with Gasteiger partial charge in [0, 0.05) is 19.0 Å². The number of aliphatic hydroxyl groups is 1. The number of aryl methyl sites for hydroxylation is 1. The van der Waals surface area contributed by atoms with Crippen LogP contribution in [-0.4, -0.2) is 48.1 Å². The SMILES string of the molecule is Cc1ccc(S(=O)(=O)O)cc1.OC[C@H]1CC(F)(F)CN1Cc1ccccc1. The van der Waals surface area contributed by atoms with E-state index in [4.69, 9.17) is 9.66 Å². The van der Waals surface area contributed by atoms with Crippen LogP contribution in [0.25, 0.3) is 0 Å². The Balaban J connectivity index is 0.000000208. The van der Waals surface area contributed by atoms with E-state index in [1.54, 1.807) is 17.0 Å². The summed E-state index contributed by atoms with van der Waals surface area (Å²) in [6.07, 6.45) is -0.240. The number of alkyl halides is 2. The van der Waals surface area contributed by atoms with Gasteiger partial charge in [0.15, 0.2) is 0 Å². The van der Waals surface area contributed by atoms with Crippen molar-refractivity contribution in [2.45, 2.75) is 36.7 Å². The van der Waals surface area contributed by atoms with Crippen LogP contribution in [0.3, 0.4) is 0 Å². The molecule has 2 N–H and O–H groups in total. The molecule has 5 nitrogen and oxygen atoms in total. The van der Waals surface area contributed by atoms with Gasteiger partial charge in [0.2, 0.25) is 0 Å². The fraction of sp³-hybridized carbons (Fsp3) is 0.368. The number of rotatable bonds is 4. The normalized spacial score (nSPS) is 19.4. The molecule has 3 rings (SSSR count). The zero-order valence-electron chi connectivity index (χ0n) is 14.9. The van der Waals surface area contributed by atoms with Crippen LogP contribution in [0.5, 0.6) is 0 Å². The first-order valence-electron chi connectivity index (χ1n) is 8.41. The largest absolute Gasteiger partial charge is 0.395 e. The highest BCUT2D eigenvalue weighted by Crippen LogP contribution is 2.32. The molecule has 2 aromatic carbocycles. The second-order valence-corrected chi connectivity index (χ2v) is 8.00. The van der Waals surface area contributed by atoms with E-state index in [0.29, 0.717) is 6.54 Å². The van der Waals surface area contributed by atoms with Crippen LogP contribution in [0.2, 0.25) is 0 Å². The van der Waals surface area contributed by atoms with Crippen LogP contribution in [-0.2, 0) is 16.7 Å². The van der Waals surface area contributed by atoms with Gasteiger partial charge in [-0.05, 0) is 24.6 Å². The molecule has 1 aliphatic heterocycles. The molecule has 148 valence electrons. The quantitative estimate of drug-likeness (QED) is 0.773. The number of hydrogen-bond donors (Lipinski definition) is 2. The number of hydrogen-bond acceptors (Lipinski definition) is 4. The predicted molar refractivity (Wildman–Crippen MR) is 98.3 cm³/mol. The van der Waals surface area contributed by atoms with Gasteiger partial charge < -0.3 is 5.11 Å². The Kier molecular flexibility index (Phi) is 7.05. The highest BCUT2D eigenvalue weighted by atomic mass is 32.2. The third-order valence-corrected chi connectivity index (χ3v) is 5.11. The van der Waals surface area contributed by atoms with Crippen LogP contribution in [0.4, 0.5) is 8.78 Å². The fourth-order valence-corrected chi connectivity index (χ4v) is 3.34. The zero-order valence-corrected chi connectivity index (χ0v) is 15.7. The molecule has 1 aliphatic rings. The minimum absolute atomic E-state index is 0.0666. The lowest BCUT2D eigenvalue weighted by atomic mass is 10.2. The lowest BCUT2D eigenvalue weighted by Gasteiger charge is -2.21. The minimum atomic E-state index is -4.02. The van der Waals surface area contributed by atoms with Crippen molar-refractivity contribution in [1.82, 2.24) is 4.90 Å². The smallest absolute Gasteiger partial charge is 0.294 e. The van der Waals surface area contributed by atoms with Gasteiger partial charge in [0.1, 0.15) is 0 Å². The van der Waals surface area contributed by atoms with E-state index in [9.17, 15) is 17.2 Å². The summed E-state index contributed by atoms with van der Waals surface area (Å²) >= 11 is 0. The topological polar surface area (TPSA) is 77.8 Å². The van der Waals surface area contributed by atoms with E-state index in [1.165, 1.54) is 12.1 Å². The summed E-state index contributed by atoms with van der Waals surface area (Å²) in [5.41, 5.74) is 1.95. The molecule has 0 aromatic heterocycles. The third-order valence-electron chi connectivity index (χ3n) is 4.24. The Labute approximate surface area is 158 Å². The first-order valence-corrected chi connectivity index (χ1v) is 9.85. The molecule has 2 aromatic rings.